The molecule has 112 valence electrons. The summed E-state index contributed by atoms with van der Waals surface area (Å²) in [6.07, 6.45) is -0.460. The Hall–Kier alpha value is -2.21. The van der Waals surface area contributed by atoms with Crippen LogP contribution in [0.5, 0.6) is 5.88 Å². The Kier molecular flexibility index (Phi) is 4.37. The summed E-state index contributed by atoms with van der Waals surface area (Å²) in [5.74, 6) is -0.839. The quantitative estimate of drug-likeness (QED) is 0.908. The largest absolute Gasteiger partial charge is 0.493 e. The van der Waals surface area contributed by atoms with Crippen molar-refractivity contribution in [2.75, 3.05) is 7.11 Å². The first kappa shape index (κ1) is 15.2. The predicted molar refractivity (Wildman–Crippen MR) is 76.5 cm³/mol. The van der Waals surface area contributed by atoms with Gasteiger partial charge in [-0.15, -0.1) is 0 Å². The summed E-state index contributed by atoms with van der Waals surface area (Å²) in [4.78, 5) is 18.7. The highest BCUT2D eigenvalue weighted by atomic mass is 19.1. The fourth-order valence-corrected chi connectivity index (χ4v) is 2.22. The lowest BCUT2D eigenvalue weighted by molar-refractivity contribution is 0.0568. The van der Waals surface area contributed by atoms with Crippen LogP contribution < -0.4 is 5.56 Å². The number of halogens is 1. The van der Waals surface area contributed by atoms with Crippen LogP contribution in [0.15, 0.2) is 29.1 Å². The molecule has 0 amide bonds. The number of aromatic amines is 1. The molecule has 1 atom stereocenters. The third-order valence-electron chi connectivity index (χ3n) is 3.19. The fourth-order valence-electron chi connectivity index (χ4n) is 2.22. The second kappa shape index (κ2) is 6.05. The number of rotatable bonds is 4. The molecule has 1 unspecified atom stereocenters. The molecule has 5 nitrogen and oxygen atoms in total. The zero-order valence-corrected chi connectivity index (χ0v) is 12.1. The maximum atomic E-state index is 13.8. The van der Waals surface area contributed by atoms with Crippen LogP contribution in [0, 0.1) is 11.7 Å². The van der Waals surface area contributed by atoms with E-state index in [1.807, 2.05) is 13.8 Å². The average molecular weight is 292 g/mol. The van der Waals surface area contributed by atoms with Gasteiger partial charge in [-0.3, -0.25) is 4.79 Å². The summed E-state index contributed by atoms with van der Waals surface area (Å²) in [7, 11) is 1.49. The standard InChI is InChI=1S/C15H17FN2O3/c1-8(2)12(21-3)13-17-14(19)11(15(20)18-13)9-6-4-5-7-10(9)16/h4-8,12H,1-3H3,(H2,17,18,19,20). The molecular weight excluding hydrogens is 275 g/mol. The molecule has 21 heavy (non-hydrogen) atoms. The van der Waals surface area contributed by atoms with Gasteiger partial charge in [0, 0.05) is 12.7 Å². The molecule has 1 aromatic heterocycles. The number of hydrogen-bond donors (Lipinski definition) is 2. The number of H-pyrrole nitrogens is 1. The van der Waals surface area contributed by atoms with Gasteiger partial charge in [0.2, 0.25) is 5.88 Å². The molecule has 1 heterocycles. The first-order chi connectivity index (χ1) is 9.95. The van der Waals surface area contributed by atoms with Crippen molar-refractivity contribution in [3.8, 4) is 17.0 Å². The minimum absolute atomic E-state index is 0.00816. The summed E-state index contributed by atoms with van der Waals surface area (Å²) < 4.78 is 19.0. The normalized spacial score (nSPS) is 12.6. The van der Waals surface area contributed by atoms with E-state index in [9.17, 15) is 14.3 Å². The van der Waals surface area contributed by atoms with E-state index < -0.39 is 23.4 Å². The van der Waals surface area contributed by atoms with E-state index >= 15 is 0 Å². The Bertz CT molecular complexity index is 698. The fraction of sp³-hybridized carbons (Fsp3) is 0.333. The SMILES string of the molecule is COC(c1nc(O)c(-c2ccccc2F)c(=O)[nH]1)C(C)C. The highest BCUT2D eigenvalue weighted by Crippen LogP contribution is 2.28. The Balaban J connectivity index is 2.58. The number of methoxy groups -OCH3 is 1. The van der Waals surface area contributed by atoms with Crippen molar-refractivity contribution in [1.82, 2.24) is 9.97 Å². The number of aromatic nitrogens is 2. The number of nitrogens with zero attached hydrogens (tertiary/aromatic N) is 1. The van der Waals surface area contributed by atoms with E-state index in [2.05, 4.69) is 9.97 Å². The van der Waals surface area contributed by atoms with Gasteiger partial charge in [-0.1, -0.05) is 32.0 Å². The van der Waals surface area contributed by atoms with E-state index in [0.717, 1.165) is 0 Å². The number of aromatic hydroxyl groups is 1. The van der Waals surface area contributed by atoms with E-state index in [1.165, 1.54) is 25.3 Å². The third kappa shape index (κ3) is 2.95. The summed E-state index contributed by atoms with van der Waals surface area (Å²) in [5, 5.41) is 10.0. The molecule has 0 spiro atoms. The van der Waals surface area contributed by atoms with Gasteiger partial charge in [-0.25, -0.2) is 4.39 Å². The van der Waals surface area contributed by atoms with Gasteiger partial charge in [0.1, 0.15) is 23.3 Å². The number of benzene rings is 1. The Labute approximate surface area is 121 Å². The third-order valence-corrected chi connectivity index (χ3v) is 3.19. The molecule has 0 fully saturated rings. The minimum Gasteiger partial charge on any atom is -0.493 e. The van der Waals surface area contributed by atoms with Crippen LogP contribution in [0.1, 0.15) is 25.8 Å². The van der Waals surface area contributed by atoms with Crippen LogP contribution in [0.4, 0.5) is 4.39 Å². The zero-order valence-electron chi connectivity index (χ0n) is 12.1. The molecule has 2 N–H and O–H groups in total. The number of ether oxygens (including phenoxy) is 1. The molecule has 0 bridgehead atoms. The second-order valence-corrected chi connectivity index (χ2v) is 5.03. The van der Waals surface area contributed by atoms with Gasteiger partial charge in [0.05, 0.1) is 0 Å². The van der Waals surface area contributed by atoms with E-state index in [1.54, 1.807) is 6.07 Å². The van der Waals surface area contributed by atoms with Crippen molar-refractivity contribution in [2.45, 2.75) is 20.0 Å². The van der Waals surface area contributed by atoms with Crippen molar-refractivity contribution in [3.63, 3.8) is 0 Å². The molecule has 1 aromatic carbocycles. The zero-order chi connectivity index (χ0) is 15.6. The Morgan fingerprint density at radius 1 is 1.33 bits per heavy atom. The van der Waals surface area contributed by atoms with Crippen LogP contribution in [0.25, 0.3) is 11.1 Å². The minimum atomic E-state index is -0.606. The number of nitrogens with one attached hydrogen (secondary N) is 1. The smallest absolute Gasteiger partial charge is 0.262 e. The van der Waals surface area contributed by atoms with Crippen LogP contribution in [-0.2, 0) is 4.74 Å². The maximum Gasteiger partial charge on any atom is 0.262 e. The Morgan fingerprint density at radius 2 is 2.00 bits per heavy atom. The number of hydrogen-bond acceptors (Lipinski definition) is 4. The molecule has 0 radical (unpaired) electrons. The van der Waals surface area contributed by atoms with Crippen LogP contribution in [0.2, 0.25) is 0 Å². The molecule has 2 aromatic rings. The average Bonchev–Trinajstić information content (AvgIpc) is 2.40. The van der Waals surface area contributed by atoms with Gasteiger partial charge >= 0.3 is 0 Å². The van der Waals surface area contributed by atoms with Crippen LogP contribution in [0.3, 0.4) is 0 Å². The van der Waals surface area contributed by atoms with Crippen LogP contribution in [-0.4, -0.2) is 22.2 Å². The van der Waals surface area contributed by atoms with Crippen molar-refractivity contribution >= 4 is 0 Å². The molecule has 0 aliphatic carbocycles. The Morgan fingerprint density at radius 3 is 2.52 bits per heavy atom. The second-order valence-electron chi connectivity index (χ2n) is 5.03. The lowest BCUT2D eigenvalue weighted by Gasteiger charge is -2.18. The van der Waals surface area contributed by atoms with Gasteiger partial charge in [0.25, 0.3) is 5.56 Å². The lowest BCUT2D eigenvalue weighted by Crippen LogP contribution is -2.20. The van der Waals surface area contributed by atoms with Gasteiger partial charge < -0.3 is 14.8 Å². The van der Waals surface area contributed by atoms with Gasteiger partial charge in [-0.05, 0) is 12.0 Å². The highest BCUT2D eigenvalue weighted by Gasteiger charge is 2.22. The topological polar surface area (TPSA) is 75.2 Å². The summed E-state index contributed by atoms with van der Waals surface area (Å²) in [6.45, 7) is 3.80. The molecule has 0 aliphatic rings. The summed E-state index contributed by atoms with van der Waals surface area (Å²) in [6, 6.07) is 5.72. The van der Waals surface area contributed by atoms with E-state index in [-0.39, 0.29) is 22.9 Å². The van der Waals surface area contributed by atoms with Gasteiger partial charge in [0.15, 0.2) is 0 Å². The lowest BCUT2D eigenvalue weighted by atomic mass is 10.1. The van der Waals surface area contributed by atoms with Crippen molar-refractivity contribution in [2.24, 2.45) is 5.92 Å². The van der Waals surface area contributed by atoms with Crippen molar-refractivity contribution in [1.29, 1.82) is 0 Å². The molecule has 0 saturated heterocycles. The molecule has 0 aliphatic heterocycles. The molecule has 0 saturated carbocycles. The first-order valence-corrected chi connectivity index (χ1v) is 6.56. The molecular formula is C15H17FN2O3. The molecule has 6 heteroatoms. The van der Waals surface area contributed by atoms with Gasteiger partial charge in [-0.2, -0.15) is 4.98 Å². The monoisotopic (exact) mass is 292 g/mol. The van der Waals surface area contributed by atoms with E-state index in [4.69, 9.17) is 4.74 Å². The van der Waals surface area contributed by atoms with Crippen LogP contribution >= 0.6 is 0 Å². The van der Waals surface area contributed by atoms with E-state index in [0.29, 0.717) is 0 Å². The highest BCUT2D eigenvalue weighted by molar-refractivity contribution is 5.67. The summed E-state index contributed by atoms with van der Waals surface area (Å²) >= 11 is 0. The van der Waals surface area contributed by atoms with Crippen molar-refractivity contribution in [3.05, 3.63) is 46.3 Å². The maximum absolute atomic E-state index is 13.8. The predicted octanol–water partition coefficient (Wildman–Crippen LogP) is 2.63. The first-order valence-electron chi connectivity index (χ1n) is 6.56. The summed E-state index contributed by atoms with van der Waals surface area (Å²) in [5.41, 5.74) is -0.783. The van der Waals surface area contributed by atoms with Crippen molar-refractivity contribution < 1.29 is 14.2 Å². The molecule has 2 rings (SSSR count).